The van der Waals surface area contributed by atoms with Gasteiger partial charge in [0, 0.05) is 22.4 Å². The normalized spacial score (nSPS) is 12.5. The fraction of sp³-hybridized carbons (Fsp3) is 0.267. The molecule has 11 heteroatoms. The average Bonchev–Trinajstić information content (AvgIpc) is 3.00. The molecule has 0 saturated heterocycles. The number of halogens is 5. The van der Waals surface area contributed by atoms with E-state index in [1.807, 2.05) is 0 Å². The van der Waals surface area contributed by atoms with Gasteiger partial charge < -0.3 is 10.1 Å². The Labute approximate surface area is 160 Å². The number of nitrogens with zero attached hydrogens (tertiary/aromatic N) is 1. The molecule has 1 atom stereocenters. The van der Waals surface area contributed by atoms with Crippen LogP contribution in [-0.2, 0) is 20.7 Å². The van der Waals surface area contributed by atoms with Gasteiger partial charge in [-0.05, 0) is 18.2 Å². The second kappa shape index (κ2) is 8.24. The molecule has 0 saturated carbocycles. The maximum Gasteiger partial charge on any atom is 0.471 e. The smallest absolute Gasteiger partial charge is 0.467 e. The van der Waals surface area contributed by atoms with Crippen LogP contribution in [0, 0.1) is 0 Å². The van der Waals surface area contributed by atoms with Gasteiger partial charge in [0.25, 0.3) is 0 Å². The molecule has 0 aliphatic heterocycles. The highest BCUT2D eigenvalue weighted by atomic mass is 35.5. The second-order valence-electron chi connectivity index (χ2n) is 5.02. The molecule has 140 valence electrons. The van der Waals surface area contributed by atoms with Crippen molar-refractivity contribution in [2.75, 3.05) is 7.11 Å². The molecule has 0 aliphatic carbocycles. The monoisotopic (exact) mass is 426 g/mol. The number of alkyl halides is 3. The molecule has 5 nitrogen and oxygen atoms in total. The summed E-state index contributed by atoms with van der Waals surface area (Å²) in [5, 5.41) is 4.45. The van der Waals surface area contributed by atoms with Crippen LogP contribution in [0.3, 0.4) is 0 Å². The molecular weight excluding hydrogens is 416 g/mol. The minimum Gasteiger partial charge on any atom is -0.467 e. The standard InChI is InChI=1S/C15H11Cl2F3N2O3S/c1-25-13(23)11(22-14(24)15(18,19)20)5-8-6-26-12(21-8)9-3-2-7(16)4-10(9)17/h2-4,6,11H,5H2,1H3,(H,22,24)/t11-/m0/s1. The summed E-state index contributed by atoms with van der Waals surface area (Å²) in [5.41, 5.74) is 0.884. The highest BCUT2D eigenvalue weighted by Gasteiger charge is 2.41. The van der Waals surface area contributed by atoms with Gasteiger partial charge >= 0.3 is 18.1 Å². The Kier molecular flexibility index (Phi) is 6.48. The molecule has 2 rings (SSSR count). The van der Waals surface area contributed by atoms with Crippen LogP contribution in [-0.4, -0.2) is 36.2 Å². The third-order valence-electron chi connectivity index (χ3n) is 3.18. The first kappa shape index (κ1) is 20.5. The largest absolute Gasteiger partial charge is 0.471 e. The predicted molar refractivity (Wildman–Crippen MR) is 91.3 cm³/mol. The number of esters is 1. The van der Waals surface area contributed by atoms with Crippen molar-refractivity contribution in [2.45, 2.75) is 18.6 Å². The fourth-order valence-electron chi connectivity index (χ4n) is 1.97. The van der Waals surface area contributed by atoms with Gasteiger partial charge in [-0.15, -0.1) is 11.3 Å². The number of hydrogen-bond acceptors (Lipinski definition) is 5. The van der Waals surface area contributed by atoms with Crippen LogP contribution >= 0.6 is 34.5 Å². The maximum atomic E-state index is 12.4. The summed E-state index contributed by atoms with van der Waals surface area (Å²) in [4.78, 5) is 27.0. The highest BCUT2D eigenvalue weighted by Crippen LogP contribution is 2.32. The van der Waals surface area contributed by atoms with E-state index in [-0.39, 0.29) is 6.42 Å². The zero-order valence-corrected chi connectivity index (χ0v) is 15.4. The van der Waals surface area contributed by atoms with Crippen molar-refractivity contribution in [3.05, 3.63) is 39.3 Å². The van der Waals surface area contributed by atoms with Crippen LogP contribution in [0.2, 0.25) is 10.0 Å². The lowest BCUT2D eigenvalue weighted by atomic mass is 10.1. The Morgan fingerprint density at radius 3 is 2.62 bits per heavy atom. The van der Waals surface area contributed by atoms with Crippen LogP contribution in [0.1, 0.15) is 5.69 Å². The average molecular weight is 427 g/mol. The molecule has 0 aliphatic rings. The minimum atomic E-state index is -5.11. The minimum absolute atomic E-state index is 0.268. The fourth-order valence-corrected chi connectivity index (χ4v) is 3.40. The molecule has 0 bridgehead atoms. The quantitative estimate of drug-likeness (QED) is 0.736. The van der Waals surface area contributed by atoms with E-state index < -0.39 is 24.1 Å². The molecule has 2 aromatic rings. The lowest BCUT2D eigenvalue weighted by Gasteiger charge is -2.16. The number of thiazole rings is 1. The SMILES string of the molecule is COC(=O)[C@H](Cc1csc(-c2ccc(Cl)cc2Cl)n1)NC(=O)C(F)(F)F. The first-order valence-corrected chi connectivity index (χ1v) is 8.60. The molecule has 0 spiro atoms. The van der Waals surface area contributed by atoms with Gasteiger partial charge in [-0.25, -0.2) is 9.78 Å². The number of rotatable bonds is 5. The molecule has 0 radical (unpaired) electrons. The van der Waals surface area contributed by atoms with Crippen LogP contribution in [0.25, 0.3) is 10.6 Å². The van der Waals surface area contributed by atoms with Gasteiger partial charge in [0.15, 0.2) is 0 Å². The Morgan fingerprint density at radius 2 is 2.04 bits per heavy atom. The number of aromatic nitrogens is 1. The molecule has 1 heterocycles. The van der Waals surface area contributed by atoms with E-state index in [1.54, 1.807) is 22.8 Å². The summed E-state index contributed by atoms with van der Waals surface area (Å²) in [6.07, 6.45) is -5.38. The van der Waals surface area contributed by atoms with E-state index in [0.717, 1.165) is 7.11 Å². The molecule has 1 aromatic carbocycles. The van der Waals surface area contributed by atoms with Crippen molar-refractivity contribution in [3.8, 4) is 10.6 Å². The van der Waals surface area contributed by atoms with Crippen molar-refractivity contribution >= 4 is 46.4 Å². The van der Waals surface area contributed by atoms with E-state index in [9.17, 15) is 22.8 Å². The number of methoxy groups -OCH3 is 1. The topological polar surface area (TPSA) is 68.3 Å². The van der Waals surface area contributed by atoms with Crippen molar-refractivity contribution in [2.24, 2.45) is 0 Å². The number of carbonyl (C=O) groups excluding carboxylic acids is 2. The van der Waals surface area contributed by atoms with Gasteiger partial charge in [0.05, 0.1) is 17.8 Å². The second-order valence-corrected chi connectivity index (χ2v) is 6.72. The molecule has 26 heavy (non-hydrogen) atoms. The number of hydrogen-bond donors (Lipinski definition) is 1. The summed E-state index contributed by atoms with van der Waals surface area (Å²) in [6.45, 7) is 0. The van der Waals surface area contributed by atoms with E-state index in [0.29, 0.717) is 26.3 Å². The van der Waals surface area contributed by atoms with Crippen LogP contribution in [0.4, 0.5) is 13.2 Å². The Morgan fingerprint density at radius 1 is 1.35 bits per heavy atom. The molecular formula is C15H11Cl2F3N2O3S. The number of carbonyl (C=O) groups is 2. The Balaban J connectivity index is 2.20. The van der Waals surface area contributed by atoms with Crippen molar-refractivity contribution in [3.63, 3.8) is 0 Å². The maximum absolute atomic E-state index is 12.4. The zero-order chi connectivity index (χ0) is 19.5. The van der Waals surface area contributed by atoms with Gasteiger partial charge in [-0.1, -0.05) is 23.2 Å². The third kappa shape index (κ3) is 5.09. The van der Waals surface area contributed by atoms with Crippen molar-refractivity contribution in [1.29, 1.82) is 0 Å². The third-order valence-corrected chi connectivity index (χ3v) is 4.65. The number of ether oxygens (including phenoxy) is 1. The van der Waals surface area contributed by atoms with E-state index >= 15 is 0 Å². The number of amides is 1. The van der Waals surface area contributed by atoms with Crippen LogP contribution in [0.15, 0.2) is 23.6 Å². The first-order valence-electron chi connectivity index (χ1n) is 6.97. The summed E-state index contributed by atoms with van der Waals surface area (Å²) >= 11 is 13.1. The van der Waals surface area contributed by atoms with E-state index in [4.69, 9.17) is 23.2 Å². The van der Waals surface area contributed by atoms with Gasteiger partial charge in [0.1, 0.15) is 11.0 Å². The summed E-state index contributed by atoms with van der Waals surface area (Å²) in [7, 11) is 1.01. The Hall–Kier alpha value is -1.84. The highest BCUT2D eigenvalue weighted by molar-refractivity contribution is 7.13. The molecule has 0 unspecified atom stereocenters. The summed E-state index contributed by atoms with van der Waals surface area (Å²) in [6, 6.07) is 3.27. The van der Waals surface area contributed by atoms with Gasteiger partial charge in [-0.3, -0.25) is 4.79 Å². The molecule has 0 fully saturated rings. The lowest BCUT2D eigenvalue weighted by Crippen LogP contribution is -2.48. The van der Waals surface area contributed by atoms with Crippen LogP contribution in [0.5, 0.6) is 0 Å². The zero-order valence-electron chi connectivity index (χ0n) is 13.1. The van der Waals surface area contributed by atoms with Crippen molar-refractivity contribution in [1.82, 2.24) is 10.3 Å². The number of benzene rings is 1. The van der Waals surface area contributed by atoms with Gasteiger partial charge in [-0.2, -0.15) is 13.2 Å². The lowest BCUT2D eigenvalue weighted by molar-refractivity contribution is -0.175. The van der Waals surface area contributed by atoms with E-state index in [2.05, 4.69) is 9.72 Å². The predicted octanol–water partition coefficient (Wildman–Crippen LogP) is 3.88. The summed E-state index contributed by atoms with van der Waals surface area (Å²) < 4.78 is 41.7. The van der Waals surface area contributed by atoms with E-state index in [1.165, 1.54) is 17.4 Å². The summed E-state index contributed by atoms with van der Waals surface area (Å²) in [5.74, 6) is -3.24. The van der Waals surface area contributed by atoms with Crippen LogP contribution < -0.4 is 5.32 Å². The van der Waals surface area contributed by atoms with Gasteiger partial charge in [0.2, 0.25) is 0 Å². The number of nitrogens with one attached hydrogen (secondary N) is 1. The molecule has 1 amide bonds. The molecule has 1 N–H and O–H groups in total. The van der Waals surface area contributed by atoms with Crippen molar-refractivity contribution < 1.29 is 27.5 Å². The first-order chi connectivity index (χ1) is 12.1. The molecule has 1 aromatic heterocycles. The Bertz CT molecular complexity index is 827.